The van der Waals surface area contributed by atoms with E-state index in [0.717, 1.165) is 13.1 Å². The van der Waals surface area contributed by atoms with Gasteiger partial charge in [0.1, 0.15) is 0 Å². The van der Waals surface area contributed by atoms with Gasteiger partial charge in [0, 0.05) is 17.6 Å². The normalized spacial score (nSPS) is 10.1. The van der Waals surface area contributed by atoms with E-state index in [-0.39, 0.29) is 0 Å². The number of thiazole rings is 1. The first kappa shape index (κ1) is 7.50. The van der Waals surface area contributed by atoms with E-state index < -0.39 is 0 Å². The van der Waals surface area contributed by atoms with Gasteiger partial charge in [-0.1, -0.05) is 6.92 Å². The molecule has 0 aromatic carbocycles. The van der Waals surface area contributed by atoms with Crippen molar-refractivity contribution >= 4 is 16.5 Å². The van der Waals surface area contributed by atoms with Crippen molar-refractivity contribution in [2.24, 2.45) is 0 Å². The highest BCUT2D eigenvalue weighted by atomic mass is 32.1. The van der Waals surface area contributed by atoms with E-state index in [1.807, 2.05) is 6.20 Å². The van der Waals surface area contributed by atoms with Crippen LogP contribution < -0.4 is 11.1 Å². The fourth-order valence-corrected chi connectivity index (χ4v) is 1.31. The molecule has 0 saturated heterocycles. The first-order chi connectivity index (χ1) is 4.83. The maximum absolute atomic E-state index is 5.43. The Bertz CT molecular complexity index is 197. The van der Waals surface area contributed by atoms with Crippen molar-refractivity contribution in [3.8, 4) is 0 Å². The molecule has 0 unspecified atom stereocenters. The minimum absolute atomic E-state index is 0.646. The number of nitrogens with two attached hydrogens (primary N) is 1. The van der Waals surface area contributed by atoms with Gasteiger partial charge in [0.05, 0.1) is 0 Å². The molecule has 3 N–H and O–H groups in total. The molecule has 0 aliphatic heterocycles. The molecule has 0 amide bonds. The van der Waals surface area contributed by atoms with Crippen LogP contribution in [-0.4, -0.2) is 11.5 Å². The van der Waals surface area contributed by atoms with Crippen molar-refractivity contribution in [3.05, 3.63) is 11.1 Å². The van der Waals surface area contributed by atoms with Gasteiger partial charge in [-0.25, -0.2) is 4.98 Å². The molecule has 0 bridgehead atoms. The highest BCUT2D eigenvalue weighted by Gasteiger charge is 1.95. The number of rotatable bonds is 3. The van der Waals surface area contributed by atoms with Crippen molar-refractivity contribution in [1.29, 1.82) is 0 Å². The molecule has 1 heterocycles. The average Bonchev–Trinajstić information content (AvgIpc) is 2.31. The number of aromatic nitrogens is 1. The van der Waals surface area contributed by atoms with Crippen LogP contribution in [0.15, 0.2) is 6.20 Å². The van der Waals surface area contributed by atoms with Crippen LogP contribution in [0.5, 0.6) is 0 Å². The van der Waals surface area contributed by atoms with Gasteiger partial charge in [-0.05, 0) is 6.54 Å². The zero-order valence-corrected chi connectivity index (χ0v) is 6.74. The highest BCUT2D eigenvalue weighted by molar-refractivity contribution is 7.15. The third kappa shape index (κ3) is 1.97. The summed E-state index contributed by atoms with van der Waals surface area (Å²) < 4.78 is 0. The van der Waals surface area contributed by atoms with Gasteiger partial charge in [0.2, 0.25) is 0 Å². The summed E-state index contributed by atoms with van der Waals surface area (Å²) in [7, 11) is 0. The number of hydrogen-bond donors (Lipinski definition) is 2. The summed E-state index contributed by atoms with van der Waals surface area (Å²) in [6.45, 7) is 3.94. The van der Waals surface area contributed by atoms with Crippen LogP contribution in [0.1, 0.15) is 11.8 Å². The largest absolute Gasteiger partial charge is 0.375 e. The number of nitrogen functional groups attached to an aromatic ring is 1. The van der Waals surface area contributed by atoms with Crippen LogP contribution in [0, 0.1) is 0 Å². The van der Waals surface area contributed by atoms with Crippen molar-refractivity contribution in [1.82, 2.24) is 10.3 Å². The molecule has 0 fully saturated rings. The first-order valence-corrected chi connectivity index (χ1v) is 4.05. The lowest BCUT2D eigenvalue weighted by Gasteiger charge is -1.94. The topological polar surface area (TPSA) is 50.9 Å². The Kier molecular flexibility index (Phi) is 2.65. The van der Waals surface area contributed by atoms with Crippen molar-refractivity contribution in [3.63, 3.8) is 0 Å². The molecule has 1 aromatic heterocycles. The van der Waals surface area contributed by atoms with Gasteiger partial charge in [0.25, 0.3) is 0 Å². The summed E-state index contributed by atoms with van der Waals surface area (Å²) >= 11 is 1.53. The smallest absolute Gasteiger partial charge is 0.180 e. The summed E-state index contributed by atoms with van der Waals surface area (Å²) in [5, 5.41) is 3.84. The molecule has 3 nitrogen and oxygen atoms in total. The van der Waals surface area contributed by atoms with Crippen molar-refractivity contribution in [2.45, 2.75) is 13.5 Å². The van der Waals surface area contributed by atoms with E-state index in [4.69, 9.17) is 5.73 Å². The third-order valence-corrected chi connectivity index (χ3v) is 1.95. The fraction of sp³-hybridized carbons (Fsp3) is 0.500. The van der Waals surface area contributed by atoms with Gasteiger partial charge in [0.15, 0.2) is 5.13 Å². The zero-order valence-electron chi connectivity index (χ0n) is 5.92. The molecule has 0 atom stereocenters. The maximum atomic E-state index is 5.43. The lowest BCUT2D eigenvalue weighted by atomic mass is 10.5. The lowest BCUT2D eigenvalue weighted by Crippen LogP contribution is -2.10. The maximum Gasteiger partial charge on any atom is 0.180 e. The monoisotopic (exact) mass is 157 g/mol. The first-order valence-electron chi connectivity index (χ1n) is 3.24. The van der Waals surface area contributed by atoms with Crippen LogP contribution in [-0.2, 0) is 6.54 Å². The number of hydrogen-bond acceptors (Lipinski definition) is 4. The number of nitrogens with one attached hydrogen (secondary N) is 1. The SMILES string of the molecule is CCNCc1cnc(N)s1. The molecule has 0 radical (unpaired) electrons. The van der Waals surface area contributed by atoms with E-state index in [1.54, 1.807) is 0 Å². The van der Waals surface area contributed by atoms with Crippen LogP contribution in [0.4, 0.5) is 5.13 Å². The Morgan fingerprint density at radius 2 is 2.60 bits per heavy atom. The summed E-state index contributed by atoms with van der Waals surface area (Å²) in [5.41, 5.74) is 5.43. The lowest BCUT2D eigenvalue weighted by molar-refractivity contribution is 0.734. The average molecular weight is 157 g/mol. The van der Waals surface area contributed by atoms with E-state index >= 15 is 0 Å². The Labute approximate surface area is 64.3 Å². The van der Waals surface area contributed by atoms with E-state index in [9.17, 15) is 0 Å². The van der Waals surface area contributed by atoms with Crippen LogP contribution >= 0.6 is 11.3 Å². The molecule has 56 valence electrons. The summed E-state index contributed by atoms with van der Waals surface area (Å²) in [4.78, 5) is 5.12. The molecule has 0 saturated carbocycles. The van der Waals surface area contributed by atoms with Gasteiger partial charge >= 0.3 is 0 Å². The van der Waals surface area contributed by atoms with Crippen LogP contribution in [0.3, 0.4) is 0 Å². The Morgan fingerprint density at radius 1 is 1.80 bits per heavy atom. The predicted molar refractivity (Wildman–Crippen MR) is 43.9 cm³/mol. The Morgan fingerprint density at radius 3 is 3.10 bits per heavy atom. The quantitative estimate of drug-likeness (QED) is 0.683. The molecular formula is C6H11N3S. The van der Waals surface area contributed by atoms with Gasteiger partial charge in [-0.3, -0.25) is 0 Å². The van der Waals surface area contributed by atoms with Crippen molar-refractivity contribution in [2.75, 3.05) is 12.3 Å². The second-order valence-electron chi connectivity index (χ2n) is 1.95. The van der Waals surface area contributed by atoms with Crippen molar-refractivity contribution < 1.29 is 0 Å². The molecule has 1 aromatic rings. The third-order valence-electron chi connectivity index (χ3n) is 1.12. The van der Waals surface area contributed by atoms with Gasteiger partial charge < -0.3 is 11.1 Å². The van der Waals surface area contributed by atoms with Crippen LogP contribution in [0.2, 0.25) is 0 Å². The minimum Gasteiger partial charge on any atom is -0.375 e. The molecule has 0 spiro atoms. The molecular weight excluding hydrogens is 146 g/mol. The molecule has 4 heteroatoms. The van der Waals surface area contributed by atoms with Gasteiger partial charge in [-0.15, -0.1) is 11.3 Å². The summed E-state index contributed by atoms with van der Waals surface area (Å²) in [6.07, 6.45) is 1.81. The summed E-state index contributed by atoms with van der Waals surface area (Å²) in [6, 6.07) is 0. The second-order valence-corrected chi connectivity index (χ2v) is 3.09. The number of anilines is 1. The Hall–Kier alpha value is -0.610. The standard InChI is InChI=1S/C6H11N3S/c1-2-8-3-5-4-9-6(7)10-5/h4,8H,2-3H2,1H3,(H2,7,9). The minimum atomic E-state index is 0.646. The fourth-order valence-electron chi connectivity index (χ4n) is 0.653. The van der Waals surface area contributed by atoms with E-state index in [0.29, 0.717) is 5.13 Å². The van der Waals surface area contributed by atoms with Gasteiger partial charge in [-0.2, -0.15) is 0 Å². The highest BCUT2D eigenvalue weighted by Crippen LogP contribution is 2.13. The number of nitrogens with zero attached hydrogens (tertiary/aromatic N) is 1. The predicted octanol–water partition coefficient (Wildman–Crippen LogP) is 0.835. The molecule has 1 rings (SSSR count). The Balaban J connectivity index is 2.42. The zero-order chi connectivity index (χ0) is 7.40. The van der Waals surface area contributed by atoms with E-state index in [1.165, 1.54) is 16.2 Å². The van der Waals surface area contributed by atoms with Crippen LogP contribution in [0.25, 0.3) is 0 Å². The van der Waals surface area contributed by atoms with E-state index in [2.05, 4.69) is 17.2 Å². The molecule has 0 aliphatic carbocycles. The molecule has 0 aliphatic rings. The summed E-state index contributed by atoms with van der Waals surface area (Å²) in [5.74, 6) is 0. The second kappa shape index (κ2) is 3.53. The molecule has 10 heavy (non-hydrogen) atoms.